The highest BCUT2D eigenvalue weighted by Crippen LogP contribution is 2.30. The summed E-state index contributed by atoms with van der Waals surface area (Å²) in [6.07, 6.45) is -4.39. The Labute approximate surface area is 170 Å². The van der Waals surface area contributed by atoms with Gasteiger partial charge in [0.05, 0.1) is 5.56 Å². The van der Waals surface area contributed by atoms with Crippen LogP contribution in [0.25, 0.3) is 10.6 Å². The van der Waals surface area contributed by atoms with E-state index < -0.39 is 11.7 Å². The predicted molar refractivity (Wildman–Crippen MR) is 106 cm³/mol. The van der Waals surface area contributed by atoms with Crippen LogP contribution in [0.5, 0.6) is 5.75 Å². The minimum absolute atomic E-state index is 0.0102. The van der Waals surface area contributed by atoms with E-state index in [4.69, 9.17) is 4.74 Å². The van der Waals surface area contributed by atoms with E-state index in [1.165, 1.54) is 17.4 Å². The van der Waals surface area contributed by atoms with Gasteiger partial charge in [-0.25, -0.2) is 4.98 Å². The van der Waals surface area contributed by atoms with Gasteiger partial charge < -0.3 is 9.64 Å². The Kier molecular flexibility index (Phi) is 6.22. The number of thiazole rings is 1. The van der Waals surface area contributed by atoms with Crippen molar-refractivity contribution in [2.75, 3.05) is 13.6 Å². The van der Waals surface area contributed by atoms with E-state index >= 15 is 0 Å². The maximum atomic E-state index is 12.8. The van der Waals surface area contributed by atoms with Crippen LogP contribution in [0.2, 0.25) is 0 Å². The Balaban J connectivity index is 1.72. The lowest BCUT2D eigenvalue weighted by atomic mass is 10.1. The molecule has 0 aliphatic rings. The third-order valence-electron chi connectivity index (χ3n) is 4.29. The van der Waals surface area contributed by atoms with Crippen molar-refractivity contribution in [2.24, 2.45) is 0 Å². The fraction of sp³-hybridized carbons (Fsp3) is 0.238. The van der Waals surface area contributed by atoms with Crippen LogP contribution in [0.3, 0.4) is 0 Å². The third kappa shape index (κ3) is 5.14. The third-order valence-corrected chi connectivity index (χ3v) is 5.18. The molecular weight excluding hydrogens is 401 g/mol. The number of nitrogens with zero attached hydrogens (tertiary/aromatic N) is 2. The monoisotopic (exact) mass is 420 g/mol. The Morgan fingerprint density at radius 3 is 2.66 bits per heavy atom. The zero-order valence-corrected chi connectivity index (χ0v) is 16.7. The molecule has 3 aromatic rings. The van der Waals surface area contributed by atoms with Gasteiger partial charge in [-0.1, -0.05) is 24.3 Å². The van der Waals surface area contributed by atoms with Gasteiger partial charge in [-0.15, -0.1) is 11.3 Å². The molecule has 0 fully saturated rings. The van der Waals surface area contributed by atoms with E-state index in [1.807, 2.05) is 13.0 Å². The standard InChI is InChI=1S/C21H19F3N2O2S/c1-3-26(2)20(27)18-13-29-19(25-18)15-7-5-9-17(11-15)28-12-14-6-4-8-16(10-14)21(22,23)24/h4-11,13H,3,12H2,1-2H3. The molecule has 0 aliphatic carbocycles. The number of amides is 1. The fourth-order valence-corrected chi connectivity index (χ4v) is 3.36. The summed E-state index contributed by atoms with van der Waals surface area (Å²) in [5.74, 6) is 0.362. The van der Waals surface area contributed by atoms with E-state index in [0.717, 1.165) is 17.7 Å². The summed E-state index contributed by atoms with van der Waals surface area (Å²) in [6.45, 7) is 2.48. The van der Waals surface area contributed by atoms with Crippen LogP contribution < -0.4 is 4.74 Å². The van der Waals surface area contributed by atoms with Gasteiger partial charge in [0.15, 0.2) is 0 Å². The number of hydrogen-bond donors (Lipinski definition) is 0. The lowest BCUT2D eigenvalue weighted by Gasteiger charge is -2.12. The Morgan fingerprint density at radius 2 is 1.93 bits per heavy atom. The highest BCUT2D eigenvalue weighted by molar-refractivity contribution is 7.13. The van der Waals surface area contributed by atoms with Crippen molar-refractivity contribution in [3.05, 3.63) is 70.7 Å². The Bertz CT molecular complexity index is 1000. The number of benzene rings is 2. The molecule has 4 nitrogen and oxygen atoms in total. The molecule has 29 heavy (non-hydrogen) atoms. The van der Waals surface area contributed by atoms with Crippen molar-refractivity contribution >= 4 is 17.2 Å². The number of carbonyl (C=O) groups is 1. The number of aromatic nitrogens is 1. The molecule has 0 saturated heterocycles. The average molecular weight is 420 g/mol. The summed E-state index contributed by atoms with van der Waals surface area (Å²) in [7, 11) is 1.71. The summed E-state index contributed by atoms with van der Waals surface area (Å²) in [6, 6.07) is 12.1. The minimum atomic E-state index is -4.39. The van der Waals surface area contributed by atoms with Crippen LogP contribution in [0.1, 0.15) is 28.5 Å². The zero-order chi connectivity index (χ0) is 21.0. The molecule has 1 heterocycles. The summed E-state index contributed by atoms with van der Waals surface area (Å²) < 4.78 is 44.2. The smallest absolute Gasteiger partial charge is 0.416 e. The van der Waals surface area contributed by atoms with Gasteiger partial charge in [0, 0.05) is 24.5 Å². The van der Waals surface area contributed by atoms with Gasteiger partial charge in [-0.3, -0.25) is 4.79 Å². The summed E-state index contributed by atoms with van der Waals surface area (Å²) >= 11 is 1.35. The Hall–Kier alpha value is -2.87. The van der Waals surface area contributed by atoms with E-state index in [0.29, 0.717) is 28.6 Å². The summed E-state index contributed by atoms with van der Waals surface area (Å²) in [4.78, 5) is 18.2. The van der Waals surface area contributed by atoms with Crippen LogP contribution in [0, 0.1) is 0 Å². The number of ether oxygens (including phenoxy) is 1. The second kappa shape index (κ2) is 8.65. The topological polar surface area (TPSA) is 42.4 Å². The highest BCUT2D eigenvalue weighted by atomic mass is 32.1. The molecule has 1 aromatic heterocycles. The largest absolute Gasteiger partial charge is 0.489 e. The fourth-order valence-electron chi connectivity index (χ4n) is 2.57. The van der Waals surface area contributed by atoms with Crippen molar-refractivity contribution < 1.29 is 22.7 Å². The summed E-state index contributed by atoms with van der Waals surface area (Å²) in [5, 5.41) is 2.38. The molecule has 3 rings (SSSR count). The van der Waals surface area contributed by atoms with Crippen molar-refractivity contribution in [2.45, 2.75) is 19.7 Å². The molecule has 0 atom stereocenters. The van der Waals surface area contributed by atoms with Crippen LogP contribution in [-0.4, -0.2) is 29.4 Å². The first kappa shape index (κ1) is 20.9. The molecule has 0 unspecified atom stereocenters. The number of hydrogen-bond acceptors (Lipinski definition) is 4. The summed E-state index contributed by atoms with van der Waals surface area (Å²) in [5.41, 5.74) is 0.874. The first-order chi connectivity index (χ1) is 13.8. The lowest BCUT2D eigenvalue weighted by molar-refractivity contribution is -0.137. The van der Waals surface area contributed by atoms with Gasteiger partial charge in [0.25, 0.3) is 5.91 Å². The van der Waals surface area contributed by atoms with Crippen molar-refractivity contribution in [1.82, 2.24) is 9.88 Å². The van der Waals surface area contributed by atoms with Crippen LogP contribution in [-0.2, 0) is 12.8 Å². The van der Waals surface area contributed by atoms with Crippen LogP contribution >= 0.6 is 11.3 Å². The molecule has 0 N–H and O–H groups in total. The van der Waals surface area contributed by atoms with Gasteiger partial charge in [-0.2, -0.15) is 13.2 Å². The first-order valence-corrected chi connectivity index (χ1v) is 9.76. The van der Waals surface area contributed by atoms with E-state index in [9.17, 15) is 18.0 Å². The zero-order valence-electron chi connectivity index (χ0n) is 15.9. The van der Waals surface area contributed by atoms with E-state index in [2.05, 4.69) is 4.98 Å². The number of halogens is 3. The number of carbonyl (C=O) groups excluding carboxylic acids is 1. The van der Waals surface area contributed by atoms with E-state index in [-0.39, 0.29) is 12.5 Å². The lowest BCUT2D eigenvalue weighted by Crippen LogP contribution is -2.26. The van der Waals surface area contributed by atoms with Crippen LogP contribution in [0.4, 0.5) is 13.2 Å². The molecule has 0 spiro atoms. The van der Waals surface area contributed by atoms with Gasteiger partial charge in [0.2, 0.25) is 0 Å². The SMILES string of the molecule is CCN(C)C(=O)c1csc(-c2cccc(OCc3cccc(C(F)(F)F)c3)c2)n1. The molecule has 0 bridgehead atoms. The second-order valence-corrected chi connectivity index (χ2v) is 7.23. The normalized spacial score (nSPS) is 11.3. The van der Waals surface area contributed by atoms with Gasteiger partial charge in [0.1, 0.15) is 23.1 Å². The molecular formula is C21H19F3N2O2S. The molecule has 0 radical (unpaired) electrons. The molecule has 2 aromatic carbocycles. The number of rotatable bonds is 6. The average Bonchev–Trinajstić information content (AvgIpc) is 3.21. The predicted octanol–water partition coefficient (Wildman–Crippen LogP) is 5.50. The molecule has 0 saturated carbocycles. The highest BCUT2D eigenvalue weighted by Gasteiger charge is 2.30. The van der Waals surface area contributed by atoms with E-state index in [1.54, 1.807) is 41.6 Å². The molecule has 8 heteroatoms. The quantitative estimate of drug-likeness (QED) is 0.529. The van der Waals surface area contributed by atoms with Crippen molar-refractivity contribution in [3.63, 3.8) is 0 Å². The number of alkyl halides is 3. The van der Waals surface area contributed by atoms with Crippen molar-refractivity contribution in [3.8, 4) is 16.3 Å². The Morgan fingerprint density at radius 1 is 1.17 bits per heavy atom. The maximum Gasteiger partial charge on any atom is 0.416 e. The molecule has 0 aliphatic heterocycles. The van der Waals surface area contributed by atoms with Crippen molar-refractivity contribution in [1.29, 1.82) is 0 Å². The van der Waals surface area contributed by atoms with Gasteiger partial charge in [-0.05, 0) is 36.8 Å². The minimum Gasteiger partial charge on any atom is -0.489 e. The van der Waals surface area contributed by atoms with Crippen LogP contribution in [0.15, 0.2) is 53.9 Å². The second-order valence-electron chi connectivity index (χ2n) is 6.37. The molecule has 152 valence electrons. The first-order valence-electron chi connectivity index (χ1n) is 8.88. The molecule has 1 amide bonds. The van der Waals surface area contributed by atoms with Gasteiger partial charge >= 0.3 is 6.18 Å². The maximum absolute atomic E-state index is 12.8.